The van der Waals surface area contributed by atoms with E-state index < -0.39 is 5.97 Å². The van der Waals surface area contributed by atoms with E-state index in [0.29, 0.717) is 24.1 Å². The van der Waals surface area contributed by atoms with Gasteiger partial charge in [-0.05, 0) is 32.6 Å². The largest absolute Gasteiger partial charge is 0.477 e. The van der Waals surface area contributed by atoms with Crippen molar-refractivity contribution in [3.63, 3.8) is 0 Å². The molecule has 0 radical (unpaired) electrons. The zero-order valence-electron chi connectivity index (χ0n) is 12.8. The van der Waals surface area contributed by atoms with Gasteiger partial charge >= 0.3 is 5.97 Å². The average Bonchev–Trinajstić information content (AvgIpc) is 2.42. The van der Waals surface area contributed by atoms with Gasteiger partial charge in [0.05, 0.1) is 0 Å². The summed E-state index contributed by atoms with van der Waals surface area (Å²) < 4.78 is 0. The summed E-state index contributed by atoms with van der Waals surface area (Å²) in [7, 11) is 0. The normalized spacial score (nSPS) is 17.4. The molecule has 21 heavy (non-hydrogen) atoms. The van der Waals surface area contributed by atoms with Crippen LogP contribution in [-0.4, -0.2) is 16.1 Å². The number of rotatable bonds is 1. The van der Waals surface area contributed by atoms with Gasteiger partial charge in [0.25, 0.3) is 0 Å². The molecule has 4 heteroatoms. The van der Waals surface area contributed by atoms with Crippen LogP contribution in [0.25, 0.3) is 0 Å². The second kappa shape index (κ2) is 7.43. The highest BCUT2D eigenvalue weighted by Crippen LogP contribution is 2.16. The van der Waals surface area contributed by atoms with Crippen molar-refractivity contribution in [3.05, 3.63) is 32.7 Å². The Kier molecular flexibility index (Phi) is 5.59. The second-order valence-electron chi connectivity index (χ2n) is 6.04. The number of carbonyl (C=O) groups is 1. The first-order valence-corrected chi connectivity index (χ1v) is 8.09. The minimum atomic E-state index is -1.10. The Morgan fingerprint density at radius 1 is 0.952 bits per heavy atom. The van der Waals surface area contributed by atoms with Crippen molar-refractivity contribution >= 4 is 5.97 Å². The number of aromatic carboxylic acids is 1. The van der Waals surface area contributed by atoms with Gasteiger partial charge in [-0.2, -0.15) is 0 Å². The van der Waals surface area contributed by atoms with Crippen LogP contribution in [0.2, 0.25) is 0 Å². The molecule has 1 aliphatic carbocycles. The number of nitrogens with one attached hydrogen (secondary N) is 1. The van der Waals surface area contributed by atoms with Crippen LogP contribution in [0.3, 0.4) is 0 Å². The molecule has 2 bridgehead atoms. The number of aryl methyl sites for hydroxylation is 2. The third-order valence-electron chi connectivity index (χ3n) is 4.41. The number of H-pyrrole nitrogens is 1. The van der Waals surface area contributed by atoms with Crippen LogP contribution in [0.15, 0.2) is 4.79 Å². The molecular weight excluding hydrogens is 266 g/mol. The van der Waals surface area contributed by atoms with E-state index in [1.54, 1.807) is 0 Å². The molecule has 1 aliphatic heterocycles. The highest BCUT2D eigenvalue weighted by molar-refractivity contribution is 5.89. The van der Waals surface area contributed by atoms with E-state index in [2.05, 4.69) is 4.98 Å². The Bertz CT molecular complexity index is 560. The first-order chi connectivity index (χ1) is 10.1. The van der Waals surface area contributed by atoms with Crippen LogP contribution in [0, 0.1) is 6.92 Å². The van der Waals surface area contributed by atoms with Crippen molar-refractivity contribution in [2.75, 3.05) is 0 Å². The predicted molar refractivity (Wildman–Crippen MR) is 83.1 cm³/mol. The van der Waals surface area contributed by atoms with Crippen LogP contribution in [0.4, 0.5) is 0 Å². The fourth-order valence-corrected chi connectivity index (χ4v) is 3.20. The Labute approximate surface area is 125 Å². The number of aromatic nitrogens is 1. The topological polar surface area (TPSA) is 70.2 Å². The molecular formula is C17H25NO3. The Balaban J connectivity index is 2.38. The predicted octanol–water partition coefficient (Wildman–Crippen LogP) is 3.60. The molecule has 0 atom stereocenters. The molecule has 0 fully saturated rings. The average molecular weight is 291 g/mol. The SMILES string of the molecule is Cc1[nH]c2c(C(=O)O)c(=O)c1CCCCCCCCCC2. The van der Waals surface area contributed by atoms with Gasteiger partial charge in [-0.3, -0.25) is 4.79 Å². The molecule has 2 heterocycles. The molecule has 3 rings (SSSR count). The molecule has 0 amide bonds. The molecule has 116 valence electrons. The highest BCUT2D eigenvalue weighted by Gasteiger charge is 2.19. The number of aromatic amines is 1. The Morgan fingerprint density at radius 2 is 1.48 bits per heavy atom. The van der Waals surface area contributed by atoms with Gasteiger partial charge in [0, 0.05) is 17.0 Å². The van der Waals surface area contributed by atoms with Gasteiger partial charge in [-0.25, -0.2) is 4.79 Å². The summed E-state index contributed by atoms with van der Waals surface area (Å²) in [6, 6.07) is 0. The van der Waals surface area contributed by atoms with Crippen LogP contribution >= 0.6 is 0 Å². The van der Waals surface area contributed by atoms with Crippen LogP contribution < -0.4 is 5.43 Å². The number of hydrogen-bond donors (Lipinski definition) is 2. The summed E-state index contributed by atoms with van der Waals surface area (Å²) in [5, 5.41) is 9.38. The van der Waals surface area contributed by atoms with E-state index in [-0.39, 0.29) is 11.0 Å². The summed E-state index contributed by atoms with van der Waals surface area (Å²) in [4.78, 5) is 27.1. The molecule has 0 spiro atoms. The molecule has 0 saturated heterocycles. The third-order valence-corrected chi connectivity index (χ3v) is 4.41. The smallest absolute Gasteiger partial charge is 0.341 e. The fraction of sp³-hybridized carbons (Fsp3) is 0.647. The van der Waals surface area contributed by atoms with Gasteiger partial charge in [0.1, 0.15) is 5.56 Å². The zero-order valence-corrected chi connectivity index (χ0v) is 12.8. The maximum atomic E-state index is 12.5. The van der Waals surface area contributed by atoms with Crippen molar-refractivity contribution < 1.29 is 9.90 Å². The fourth-order valence-electron chi connectivity index (χ4n) is 3.20. The monoisotopic (exact) mass is 291 g/mol. The lowest BCUT2D eigenvalue weighted by molar-refractivity contribution is 0.0693. The van der Waals surface area contributed by atoms with E-state index >= 15 is 0 Å². The highest BCUT2D eigenvalue weighted by atomic mass is 16.4. The van der Waals surface area contributed by atoms with E-state index in [1.165, 1.54) is 25.7 Å². The maximum absolute atomic E-state index is 12.5. The van der Waals surface area contributed by atoms with Crippen LogP contribution in [-0.2, 0) is 12.8 Å². The maximum Gasteiger partial charge on any atom is 0.341 e. The number of pyridine rings is 1. The van der Waals surface area contributed by atoms with Crippen molar-refractivity contribution in [2.45, 2.75) is 71.1 Å². The number of carboxylic acids is 1. The van der Waals surface area contributed by atoms with E-state index in [4.69, 9.17) is 0 Å². The molecule has 2 aliphatic rings. The zero-order chi connectivity index (χ0) is 15.2. The van der Waals surface area contributed by atoms with Crippen molar-refractivity contribution in [2.24, 2.45) is 0 Å². The number of carboxylic acid groups (broad SMARTS) is 1. The molecule has 0 saturated carbocycles. The summed E-state index contributed by atoms with van der Waals surface area (Å²) in [6.45, 7) is 1.89. The second-order valence-corrected chi connectivity index (χ2v) is 6.04. The minimum absolute atomic E-state index is 0.0346. The van der Waals surface area contributed by atoms with Crippen molar-refractivity contribution in [3.8, 4) is 0 Å². The third kappa shape index (κ3) is 3.96. The van der Waals surface area contributed by atoms with Gasteiger partial charge in [-0.15, -0.1) is 0 Å². The summed E-state index contributed by atoms with van der Waals surface area (Å²) >= 11 is 0. The first kappa shape index (κ1) is 15.8. The first-order valence-electron chi connectivity index (χ1n) is 8.09. The lowest BCUT2D eigenvalue weighted by Gasteiger charge is -2.13. The standard InChI is InChI=1S/C17H25NO3/c1-12-13-10-8-6-4-2-3-5-7-9-11-14(18-12)15(16(13)19)17(20)21/h2-11H2,1H3,(H,18,19)(H,20,21). The van der Waals surface area contributed by atoms with Crippen molar-refractivity contribution in [1.29, 1.82) is 0 Å². The molecule has 1 aromatic rings. The van der Waals surface area contributed by atoms with Crippen LogP contribution in [0.5, 0.6) is 0 Å². The molecule has 0 aromatic carbocycles. The molecule has 2 N–H and O–H groups in total. The molecule has 4 nitrogen and oxygen atoms in total. The van der Waals surface area contributed by atoms with Crippen LogP contribution in [0.1, 0.15) is 78.7 Å². The van der Waals surface area contributed by atoms with E-state index in [0.717, 1.165) is 31.4 Å². The van der Waals surface area contributed by atoms with E-state index in [9.17, 15) is 14.7 Å². The number of fused-ring (bicyclic) bond motifs is 11. The molecule has 1 aromatic heterocycles. The lowest BCUT2D eigenvalue weighted by Crippen LogP contribution is -2.24. The van der Waals surface area contributed by atoms with Gasteiger partial charge < -0.3 is 10.1 Å². The summed E-state index contributed by atoms with van der Waals surface area (Å²) in [5.74, 6) is -1.10. The van der Waals surface area contributed by atoms with Crippen molar-refractivity contribution in [1.82, 2.24) is 4.98 Å². The quantitative estimate of drug-likeness (QED) is 0.830. The Hall–Kier alpha value is -1.58. The lowest BCUT2D eigenvalue weighted by atomic mass is 9.97. The van der Waals surface area contributed by atoms with Gasteiger partial charge in [0.2, 0.25) is 0 Å². The minimum Gasteiger partial charge on any atom is -0.477 e. The summed E-state index contributed by atoms with van der Waals surface area (Å²) in [6.07, 6.45) is 10.4. The van der Waals surface area contributed by atoms with Gasteiger partial charge in [0.15, 0.2) is 5.43 Å². The number of hydrogen-bond acceptors (Lipinski definition) is 2. The van der Waals surface area contributed by atoms with E-state index in [1.807, 2.05) is 6.92 Å². The Morgan fingerprint density at radius 3 is 2.05 bits per heavy atom. The summed E-state index contributed by atoms with van der Waals surface area (Å²) in [5.41, 5.74) is 1.80. The van der Waals surface area contributed by atoms with Gasteiger partial charge in [-0.1, -0.05) is 38.5 Å². The molecule has 0 unspecified atom stereocenters.